The minimum absolute atomic E-state index is 0.154. The number of hydrogen-bond donors (Lipinski definition) is 1. The van der Waals surface area contributed by atoms with Crippen LogP contribution in [-0.4, -0.2) is 37.9 Å². The molecular formula is C22H20N4O3S2. The monoisotopic (exact) mass is 452 g/mol. The van der Waals surface area contributed by atoms with E-state index in [1.165, 1.54) is 21.8 Å². The predicted octanol–water partition coefficient (Wildman–Crippen LogP) is 4.78. The molecule has 1 aliphatic heterocycles. The number of hydrogen-bond acceptors (Lipinski definition) is 7. The first kappa shape index (κ1) is 21.2. The summed E-state index contributed by atoms with van der Waals surface area (Å²) in [5.74, 6) is 0.0776. The third kappa shape index (κ3) is 4.83. The van der Waals surface area contributed by atoms with Gasteiger partial charge in [0.2, 0.25) is 11.0 Å². The summed E-state index contributed by atoms with van der Waals surface area (Å²) in [7, 11) is 0. The summed E-state index contributed by atoms with van der Waals surface area (Å²) in [5.41, 5.74) is 3.32. The lowest BCUT2D eigenvalue weighted by molar-refractivity contribution is -0.125. The smallest absolute Gasteiger partial charge is 0.289 e. The van der Waals surface area contributed by atoms with Gasteiger partial charge in [0.05, 0.1) is 12.3 Å². The van der Waals surface area contributed by atoms with Crippen LogP contribution in [0.4, 0.5) is 9.93 Å². The number of carbonyl (C=O) groups is 3. The molecule has 9 heteroatoms. The molecule has 2 heterocycles. The van der Waals surface area contributed by atoms with Gasteiger partial charge in [0, 0.05) is 11.1 Å². The zero-order valence-corrected chi connectivity index (χ0v) is 18.6. The molecular weight excluding hydrogens is 432 g/mol. The summed E-state index contributed by atoms with van der Waals surface area (Å²) in [5, 5.41) is 11.9. The van der Waals surface area contributed by atoms with Gasteiger partial charge in [0.1, 0.15) is 5.01 Å². The van der Waals surface area contributed by atoms with Crippen molar-refractivity contribution in [3.8, 4) is 10.6 Å². The summed E-state index contributed by atoms with van der Waals surface area (Å²) in [6.07, 6.45) is 0. The van der Waals surface area contributed by atoms with Crippen LogP contribution in [0, 0.1) is 0 Å². The first-order valence-corrected chi connectivity index (χ1v) is 11.5. The Morgan fingerprint density at radius 3 is 2.58 bits per heavy atom. The van der Waals surface area contributed by atoms with Crippen LogP contribution < -0.4 is 5.32 Å². The van der Waals surface area contributed by atoms with Crippen LogP contribution in [-0.2, 0) is 11.3 Å². The minimum atomic E-state index is -0.326. The van der Waals surface area contributed by atoms with Crippen LogP contribution >= 0.6 is 23.1 Å². The molecule has 31 heavy (non-hydrogen) atoms. The van der Waals surface area contributed by atoms with E-state index in [1.807, 2.05) is 12.1 Å². The Bertz CT molecular complexity index is 1130. The zero-order valence-electron chi connectivity index (χ0n) is 17.0. The zero-order chi connectivity index (χ0) is 22.0. The number of carbonyl (C=O) groups excluding carboxylic acids is 3. The number of nitrogens with zero attached hydrogens (tertiary/aromatic N) is 3. The number of anilines is 1. The third-order valence-electron chi connectivity index (χ3n) is 4.84. The highest BCUT2D eigenvalue weighted by molar-refractivity contribution is 8.14. The van der Waals surface area contributed by atoms with Crippen LogP contribution in [0.5, 0.6) is 0 Å². The molecule has 1 fully saturated rings. The van der Waals surface area contributed by atoms with Crippen molar-refractivity contribution in [1.29, 1.82) is 0 Å². The van der Waals surface area contributed by atoms with Crippen LogP contribution in [0.15, 0.2) is 48.5 Å². The first-order chi connectivity index (χ1) is 14.9. The second-order valence-corrected chi connectivity index (χ2v) is 9.28. The second kappa shape index (κ2) is 8.99. The summed E-state index contributed by atoms with van der Waals surface area (Å²) in [4.78, 5) is 37.5. The Morgan fingerprint density at radius 1 is 1.13 bits per heavy atom. The molecule has 0 bridgehead atoms. The van der Waals surface area contributed by atoms with Crippen LogP contribution in [0.3, 0.4) is 0 Å². The molecule has 1 N–H and O–H groups in total. The summed E-state index contributed by atoms with van der Waals surface area (Å²) >= 11 is 2.29. The van der Waals surface area contributed by atoms with Gasteiger partial charge in [-0.05, 0) is 29.2 Å². The highest BCUT2D eigenvalue weighted by Gasteiger charge is 2.29. The fourth-order valence-electron chi connectivity index (χ4n) is 3.10. The molecule has 7 nitrogen and oxygen atoms in total. The molecule has 158 valence electrons. The summed E-state index contributed by atoms with van der Waals surface area (Å²) in [6.45, 7) is 4.44. The molecule has 3 aromatic rings. The molecule has 0 radical (unpaired) electrons. The maximum atomic E-state index is 12.7. The van der Waals surface area contributed by atoms with Gasteiger partial charge in [-0.3, -0.25) is 24.6 Å². The summed E-state index contributed by atoms with van der Waals surface area (Å²) in [6, 6.07) is 15.0. The molecule has 0 aliphatic carbocycles. The molecule has 0 saturated carbocycles. The number of amides is 3. The van der Waals surface area contributed by atoms with Gasteiger partial charge in [-0.25, -0.2) is 0 Å². The average molecular weight is 453 g/mol. The number of rotatable bonds is 6. The average Bonchev–Trinajstić information content (AvgIpc) is 3.36. The van der Waals surface area contributed by atoms with Crippen molar-refractivity contribution in [2.45, 2.75) is 26.3 Å². The highest BCUT2D eigenvalue weighted by Crippen LogP contribution is 2.28. The van der Waals surface area contributed by atoms with E-state index in [0.29, 0.717) is 22.2 Å². The van der Waals surface area contributed by atoms with Crippen molar-refractivity contribution >= 4 is 45.3 Å². The number of benzene rings is 2. The molecule has 1 saturated heterocycles. The van der Waals surface area contributed by atoms with Gasteiger partial charge in [0.25, 0.3) is 11.1 Å². The van der Waals surface area contributed by atoms with Crippen molar-refractivity contribution in [2.75, 3.05) is 11.1 Å². The van der Waals surface area contributed by atoms with Gasteiger partial charge in [-0.15, -0.1) is 10.2 Å². The van der Waals surface area contributed by atoms with Crippen molar-refractivity contribution < 1.29 is 14.4 Å². The van der Waals surface area contributed by atoms with E-state index >= 15 is 0 Å². The number of imide groups is 1. The Hall–Kier alpha value is -3.04. The van der Waals surface area contributed by atoms with E-state index in [-0.39, 0.29) is 29.4 Å². The fourth-order valence-corrected chi connectivity index (χ4v) is 4.57. The maximum absolute atomic E-state index is 12.7. The lowest BCUT2D eigenvalue weighted by Gasteiger charge is -2.13. The minimum Gasteiger partial charge on any atom is -0.296 e. The molecule has 2 aromatic carbocycles. The highest BCUT2D eigenvalue weighted by atomic mass is 32.2. The number of aromatic nitrogens is 2. The third-order valence-corrected chi connectivity index (χ3v) is 6.59. The topological polar surface area (TPSA) is 92.3 Å². The van der Waals surface area contributed by atoms with Crippen molar-refractivity contribution in [2.24, 2.45) is 0 Å². The maximum Gasteiger partial charge on any atom is 0.289 e. The van der Waals surface area contributed by atoms with E-state index < -0.39 is 0 Å². The molecule has 0 atom stereocenters. The fraction of sp³-hybridized carbons (Fsp3) is 0.227. The Morgan fingerprint density at radius 2 is 1.90 bits per heavy atom. The molecule has 0 spiro atoms. The van der Waals surface area contributed by atoms with E-state index in [9.17, 15) is 14.4 Å². The van der Waals surface area contributed by atoms with Gasteiger partial charge >= 0.3 is 0 Å². The van der Waals surface area contributed by atoms with E-state index in [0.717, 1.165) is 22.3 Å². The van der Waals surface area contributed by atoms with Gasteiger partial charge < -0.3 is 0 Å². The molecule has 1 aromatic heterocycles. The number of thioether (sulfide) groups is 1. The SMILES string of the molecule is CC(C)c1ccc(-c2nnc(NC(=O)c3cccc(CN4C(=O)CSC4=O)c3)s2)cc1. The second-order valence-electron chi connectivity index (χ2n) is 7.38. The van der Waals surface area contributed by atoms with E-state index in [1.54, 1.807) is 24.3 Å². The Kier molecular flexibility index (Phi) is 6.15. The van der Waals surface area contributed by atoms with Gasteiger partial charge in [0.15, 0.2) is 0 Å². The largest absolute Gasteiger partial charge is 0.296 e. The van der Waals surface area contributed by atoms with Crippen LogP contribution in [0.1, 0.15) is 41.3 Å². The lowest BCUT2D eigenvalue weighted by Crippen LogP contribution is -2.28. The van der Waals surface area contributed by atoms with Crippen LogP contribution in [0.25, 0.3) is 10.6 Å². The van der Waals surface area contributed by atoms with E-state index in [2.05, 4.69) is 41.5 Å². The normalized spacial score (nSPS) is 13.8. The number of nitrogens with one attached hydrogen (secondary N) is 1. The first-order valence-electron chi connectivity index (χ1n) is 9.72. The molecule has 4 rings (SSSR count). The lowest BCUT2D eigenvalue weighted by atomic mass is 10.0. The predicted molar refractivity (Wildman–Crippen MR) is 122 cm³/mol. The Labute approximate surface area is 187 Å². The van der Waals surface area contributed by atoms with Crippen molar-refractivity contribution in [3.63, 3.8) is 0 Å². The molecule has 3 amide bonds. The van der Waals surface area contributed by atoms with E-state index in [4.69, 9.17) is 0 Å². The standard InChI is InChI=1S/C22H20N4O3S2/c1-13(2)15-6-8-16(9-7-15)20-24-25-21(31-20)23-19(28)17-5-3-4-14(10-17)11-26-18(27)12-30-22(26)29/h3-10,13H,11-12H2,1-2H3,(H,23,25,28). The Balaban J connectivity index is 1.44. The van der Waals surface area contributed by atoms with Gasteiger partial charge in [-0.2, -0.15) is 0 Å². The molecule has 1 aliphatic rings. The molecule has 0 unspecified atom stereocenters. The van der Waals surface area contributed by atoms with Crippen molar-refractivity contribution in [3.05, 3.63) is 65.2 Å². The van der Waals surface area contributed by atoms with Gasteiger partial charge in [-0.1, -0.05) is 73.3 Å². The summed E-state index contributed by atoms with van der Waals surface area (Å²) < 4.78 is 0. The van der Waals surface area contributed by atoms with Crippen molar-refractivity contribution in [1.82, 2.24) is 15.1 Å². The van der Waals surface area contributed by atoms with Crippen LogP contribution in [0.2, 0.25) is 0 Å². The quantitative estimate of drug-likeness (QED) is 0.579.